The zero-order valence-electron chi connectivity index (χ0n) is 11.9. The Balaban J connectivity index is 2.32. The molecule has 0 amide bonds. The number of sulfone groups is 1. The fraction of sp³-hybridized carbons (Fsp3) is 0.769. The summed E-state index contributed by atoms with van der Waals surface area (Å²) in [5.74, 6) is 0.447. The van der Waals surface area contributed by atoms with Crippen LogP contribution in [0.4, 0.5) is 0 Å². The Morgan fingerprint density at radius 3 is 2.58 bits per heavy atom. The third kappa shape index (κ3) is 3.14. The molecule has 1 saturated heterocycles. The first kappa shape index (κ1) is 14.9. The predicted molar refractivity (Wildman–Crippen MR) is 77.3 cm³/mol. The summed E-state index contributed by atoms with van der Waals surface area (Å²) in [5, 5.41) is 4.22. The standard InChI is InChI=1S/C13H21ClN2O2S/c1-13(2,3)12-10(7-16(4)15-12)11(14)9-5-6-19(17,18)8-9/h7,9,11H,5-6,8H2,1-4H3. The van der Waals surface area contributed by atoms with Crippen molar-refractivity contribution in [2.45, 2.75) is 38.0 Å². The number of aryl methyl sites for hydroxylation is 1. The van der Waals surface area contributed by atoms with Crippen LogP contribution in [-0.4, -0.2) is 29.7 Å². The molecular weight excluding hydrogens is 284 g/mol. The molecule has 19 heavy (non-hydrogen) atoms. The quantitative estimate of drug-likeness (QED) is 0.789. The van der Waals surface area contributed by atoms with E-state index < -0.39 is 9.84 Å². The first-order valence-electron chi connectivity index (χ1n) is 6.49. The molecule has 0 spiro atoms. The van der Waals surface area contributed by atoms with E-state index in [1.807, 2.05) is 13.2 Å². The lowest BCUT2D eigenvalue weighted by molar-refractivity contribution is 0.527. The third-order valence-corrected chi connectivity index (χ3v) is 5.93. The molecule has 4 nitrogen and oxygen atoms in total. The van der Waals surface area contributed by atoms with E-state index in [0.717, 1.165) is 11.3 Å². The van der Waals surface area contributed by atoms with Crippen LogP contribution in [0, 0.1) is 5.92 Å². The lowest BCUT2D eigenvalue weighted by Gasteiger charge is -2.22. The first-order chi connectivity index (χ1) is 8.60. The summed E-state index contributed by atoms with van der Waals surface area (Å²) in [6, 6.07) is 0. The second-order valence-corrected chi connectivity index (χ2v) is 9.12. The van der Waals surface area contributed by atoms with Crippen LogP contribution in [0.5, 0.6) is 0 Å². The van der Waals surface area contributed by atoms with Gasteiger partial charge in [-0.3, -0.25) is 4.68 Å². The second-order valence-electron chi connectivity index (χ2n) is 6.42. The number of hydrogen-bond donors (Lipinski definition) is 0. The molecule has 1 aromatic rings. The summed E-state index contributed by atoms with van der Waals surface area (Å²) < 4.78 is 24.9. The van der Waals surface area contributed by atoms with Crippen molar-refractivity contribution in [2.24, 2.45) is 13.0 Å². The molecular formula is C13H21ClN2O2S. The molecule has 1 aliphatic rings. The Labute approximate surface area is 120 Å². The largest absolute Gasteiger partial charge is 0.275 e. The van der Waals surface area contributed by atoms with E-state index in [4.69, 9.17) is 11.6 Å². The number of rotatable bonds is 2. The van der Waals surface area contributed by atoms with Crippen molar-refractivity contribution in [1.29, 1.82) is 0 Å². The average Bonchev–Trinajstić information content (AvgIpc) is 2.80. The molecule has 0 aliphatic carbocycles. The maximum absolute atomic E-state index is 11.6. The minimum absolute atomic E-state index is 0.00281. The molecule has 0 bridgehead atoms. The van der Waals surface area contributed by atoms with Gasteiger partial charge in [0.1, 0.15) is 0 Å². The fourth-order valence-electron chi connectivity index (χ4n) is 2.60. The van der Waals surface area contributed by atoms with Gasteiger partial charge in [-0.25, -0.2) is 8.42 Å². The van der Waals surface area contributed by atoms with E-state index in [1.165, 1.54) is 0 Å². The number of halogens is 1. The van der Waals surface area contributed by atoms with Gasteiger partial charge in [-0.05, 0) is 12.3 Å². The molecule has 0 N–H and O–H groups in total. The van der Waals surface area contributed by atoms with Gasteiger partial charge in [0.15, 0.2) is 9.84 Å². The lowest BCUT2D eigenvalue weighted by atomic mass is 9.86. The van der Waals surface area contributed by atoms with Gasteiger partial charge in [0.05, 0.1) is 22.6 Å². The monoisotopic (exact) mass is 304 g/mol. The summed E-state index contributed by atoms with van der Waals surface area (Å²) in [6.45, 7) is 6.27. The Kier molecular flexibility index (Phi) is 3.73. The Hall–Kier alpha value is -0.550. The van der Waals surface area contributed by atoms with Crippen molar-refractivity contribution >= 4 is 21.4 Å². The van der Waals surface area contributed by atoms with Crippen molar-refractivity contribution in [2.75, 3.05) is 11.5 Å². The summed E-state index contributed by atoms with van der Waals surface area (Å²) in [5.41, 5.74) is 1.83. The zero-order chi connectivity index (χ0) is 14.4. The molecule has 6 heteroatoms. The molecule has 108 valence electrons. The highest BCUT2D eigenvalue weighted by Gasteiger charge is 2.36. The fourth-order valence-corrected chi connectivity index (χ4v) is 4.92. The van der Waals surface area contributed by atoms with Crippen LogP contribution in [-0.2, 0) is 22.3 Å². The van der Waals surface area contributed by atoms with Gasteiger partial charge < -0.3 is 0 Å². The van der Waals surface area contributed by atoms with Crippen LogP contribution in [0.2, 0.25) is 0 Å². The van der Waals surface area contributed by atoms with E-state index in [2.05, 4.69) is 25.9 Å². The molecule has 0 aromatic carbocycles. The molecule has 2 atom stereocenters. The number of aromatic nitrogens is 2. The van der Waals surface area contributed by atoms with E-state index in [9.17, 15) is 8.42 Å². The number of alkyl halides is 1. The highest BCUT2D eigenvalue weighted by molar-refractivity contribution is 7.91. The molecule has 2 rings (SSSR count). The Morgan fingerprint density at radius 2 is 2.11 bits per heavy atom. The number of nitrogens with zero attached hydrogens (tertiary/aromatic N) is 2. The number of hydrogen-bond acceptors (Lipinski definition) is 3. The van der Waals surface area contributed by atoms with Crippen molar-refractivity contribution in [3.05, 3.63) is 17.5 Å². The summed E-state index contributed by atoms with van der Waals surface area (Å²) in [7, 11) is -1.03. The molecule has 0 saturated carbocycles. The highest BCUT2D eigenvalue weighted by atomic mass is 35.5. The van der Waals surface area contributed by atoms with Gasteiger partial charge in [-0.2, -0.15) is 5.10 Å². The van der Waals surface area contributed by atoms with Gasteiger partial charge in [-0.1, -0.05) is 20.8 Å². The van der Waals surface area contributed by atoms with Crippen molar-refractivity contribution in [3.8, 4) is 0 Å². The van der Waals surface area contributed by atoms with Gasteiger partial charge in [0, 0.05) is 24.2 Å². The Morgan fingerprint density at radius 1 is 1.47 bits per heavy atom. The van der Waals surface area contributed by atoms with Gasteiger partial charge in [0.2, 0.25) is 0 Å². The minimum atomic E-state index is -2.90. The van der Waals surface area contributed by atoms with Crippen molar-refractivity contribution in [1.82, 2.24) is 9.78 Å². The van der Waals surface area contributed by atoms with Crippen LogP contribution in [0.25, 0.3) is 0 Å². The van der Waals surface area contributed by atoms with Crippen LogP contribution in [0.3, 0.4) is 0 Å². The van der Waals surface area contributed by atoms with Crippen LogP contribution in [0.1, 0.15) is 43.8 Å². The molecule has 2 unspecified atom stereocenters. The maximum atomic E-state index is 11.6. The topological polar surface area (TPSA) is 52.0 Å². The summed E-state index contributed by atoms with van der Waals surface area (Å²) in [6.07, 6.45) is 2.57. The summed E-state index contributed by atoms with van der Waals surface area (Å²) in [4.78, 5) is 0. The molecule has 1 fully saturated rings. The smallest absolute Gasteiger partial charge is 0.150 e. The van der Waals surface area contributed by atoms with Crippen LogP contribution >= 0.6 is 11.6 Å². The lowest BCUT2D eigenvalue weighted by Crippen LogP contribution is -2.18. The maximum Gasteiger partial charge on any atom is 0.150 e. The highest BCUT2D eigenvalue weighted by Crippen LogP contribution is 2.40. The molecule has 1 aromatic heterocycles. The Bertz CT molecular complexity index is 572. The van der Waals surface area contributed by atoms with Crippen molar-refractivity contribution in [3.63, 3.8) is 0 Å². The average molecular weight is 305 g/mol. The van der Waals surface area contributed by atoms with E-state index >= 15 is 0 Å². The second kappa shape index (κ2) is 4.77. The zero-order valence-corrected chi connectivity index (χ0v) is 13.4. The van der Waals surface area contributed by atoms with Crippen LogP contribution in [0.15, 0.2) is 6.20 Å². The predicted octanol–water partition coefficient (Wildman–Crippen LogP) is 2.43. The third-order valence-electron chi connectivity index (χ3n) is 3.55. The SMILES string of the molecule is Cn1cc(C(Cl)C2CCS(=O)(=O)C2)c(C(C)(C)C)n1. The van der Waals surface area contributed by atoms with Crippen LogP contribution < -0.4 is 0 Å². The van der Waals surface area contributed by atoms with E-state index in [0.29, 0.717) is 6.42 Å². The summed E-state index contributed by atoms with van der Waals surface area (Å²) >= 11 is 6.55. The van der Waals surface area contributed by atoms with Gasteiger partial charge in [0.25, 0.3) is 0 Å². The van der Waals surface area contributed by atoms with Crippen molar-refractivity contribution < 1.29 is 8.42 Å². The molecule has 0 radical (unpaired) electrons. The molecule has 2 heterocycles. The molecule has 1 aliphatic heterocycles. The van der Waals surface area contributed by atoms with E-state index in [1.54, 1.807) is 4.68 Å². The minimum Gasteiger partial charge on any atom is -0.275 e. The normalized spacial score (nSPS) is 24.6. The van der Waals surface area contributed by atoms with Gasteiger partial charge in [-0.15, -0.1) is 11.6 Å². The van der Waals surface area contributed by atoms with E-state index in [-0.39, 0.29) is 28.2 Å². The first-order valence-corrected chi connectivity index (χ1v) is 8.74. The van der Waals surface area contributed by atoms with Gasteiger partial charge >= 0.3 is 0 Å².